The van der Waals surface area contributed by atoms with Crippen LogP contribution in [0.5, 0.6) is 0 Å². The Bertz CT molecular complexity index is 964. The number of methoxy groups -OCH3 is 1. The van der Waals surface area contributed by atoms with Gasteiger partial charge in [0.05, 0.1) is 18.5 Å². The van der Waals surface area contributed by atoms with E-state index in [1.165, 1.54) is 0 Å². The molecule has 158 valence electrons. The zero-order valence-electron chi connectivity index (χ0n) is 16.3. The summed E-state index contributed by atoms with van der Waals surface area (Å²) in [6, 6.07) is 18.0. The van der Waals surface area contributed by atoms with Crippen LogP contribution in [0.2, 0.25) is 5.02 Å². The summed E-state index contributed by atoms with van der Waals surface area (Å²) in [6.07, 6.45) is 1.89. The van der Waals surface area contributed by atoms with Crippen LogP contribution in [0, 0.1) is 0 Å². The number of hydrogen-bond donors (Lipinski definition) is 3. The molecule has 3 aromatic rings. The van der Waals surface area contributed by atoms with Crippen molar-refractivity contribution in [2.75, 3.05) is 19.0 Å². The van der Waals surface area contributed by atoms with E-state index in [1.807, 2.05) is 48.7 Å². The van der Waals surface area contributed by atoms with Crippen LogP contribution in [0.25, 0.3) is 11.3 Å². The Morgan fingerprint density at radius 2 is 1.70 bits per heavy atom. The average Bonchev–Trinajstić information content (AvgIpc) is 3.15. The van der Waals surface area contributed by atoms with Crippen molar-refractivity contribution in [2.45, 2.75) is 13.1 Å². The summed E-state index contributed by atoms with van der Waals surface area (Å²) < 4.78 is 7.38. The molecule has 1 heterocycles. The van der Waals surface area contributed by atoms with Gasteiger partial charge in [0, 0.05) is 25.2 Å². The number of carboxylic acids is 2. The van der Waals surface area contributed by atoms with Crippen LogP contribution >= 0.6 is 11.6 Å². The molecule has 0 aliphatic rings. The number of anilines is 1. The average molecular weight is 432 g/mol. The van der Waals surface area contributed by atoms with E-state index in [0.29, 0.717) is 13.2 Å². The molecule has 3 N–H and O–H groups in total. The number of nitrogens with zero attached hydrogens (tertiary/aromatic N) is 2. The zero-order valence-corrected chi connectivity index (χ0v) is 17.0. The van der Waals surface area contributed by atoms with Gasteiger partial charge in [0.15, 0.2) is 0 Å². The molecular formula is C21H22ClN3O5. The maximum absolute atomic E-state index is 9.10. The fourth-order valence-electron chi connectivity index (χ4n) is 2.58. The number of halogens is 1. The zero-order chi connectivity index (χ0) is 21.9. The van der Waals surface area contributed by atoms with Crippen molar-refractivity contribution in [3.05, 3.63) is 71.4 Å². The number of nitrogens with one attached hydrogen (secondary N) is 1. The second-order valence-electron chi connectivity index (χ2n) is 6.03. The van der Waals surface area contributed by atoms with Crippen LogP contribution in [0.1, 0.15) is 5.56 Å². The fraction of sp³-hybridized carbons (Fsp3) is 0.190. The number of aromatic nitrogens is 2. The fourth-order valence-corrected chi connectivity index (χ4v) is 2.78. The number of aliphatic carboxylic acids is 2. The van der Waals surface area contributed by atoms with E-state index in [1.54, 1.807) is 7.11 Å². The van der Waals surface area contributed by atoms with Gasteiger partial charge in [0.1, 0.15) is 0 Å². The summed E-state index contributed by atoms with van der Waals surface area (Å²) in [6.45, 7) is 1.97. The maximum Gasteiger partial charge on any atom is 0.414 e. The lowest BCUT2D eigenvalue weighted by Gasteiger charge is -2.13. The van der Waals surface area contributed by atoms with Gasteiger partial charge < -0.3 is 24.8 Å². The highest BCUT2D eigenvalue weighted by atomic mass is 35.5. The van der Waals surface area contributed by atoms with Gasteiger partial charge in [0.2, 0.25) is 5.95 Å². The van der Waals surface area contributed by atoms with Gasteiger partial charge in [-0.25, -0.2) is 14.6 Å². The van der Waals surface area contributed by atoms with Gasteiger partial charge >= 0.3 is 11.9 Å². The Morgan fingerprint density at radius 1 is 1.07 bits per heavy atom. The van der Waals surface area contributed by atoms with Crippen molar-refractivity contribution < 1.29 is 24.5 Å². The lowest BCUT2D eigenvalue weighted by Crippen LogP contribution is -2.11. The van der Waals surface area contributed by atoms with Crippen LogP contribution < -0.4 is 5.32 Å². The molecule has 3 rings (SSSR count). The first-order valence-electron chi connectivity index (χ1n) is 8.97. The molecule has 0 unspecified atom stereocenters. The summed E-state index contributed by atoms with van der Waals surface area (Å²) in [5.41, 5.74) is 3.24. The number of ether oxygens (including phenoxy) is 1. The number of imidazole rings is 1. The first-order chi connectivity index (χ1) is 14.4. The molecule has 0 saturated carbocycles. The number of rotatable bonds is 7. The third-order valence-electron chi connectivity index (χ3n) is 4.02. The third-order valence-corrected chi connectivity index (χ3v) is 4.39. The molecule has 0 radical (unpaired) electrons. The number of benzene rings is 2. The molecule has 0 spiro atoms. The number of carboxylic acid groups (broad SMARTS) is 2. The van der Waals surface area contributed by atoms with Gasteiger partial charge in [0.25, 0.3) is 0 Å². The van der Waals surface area contributed by atoms with E-state index in [4.69, 9.17) is 36.1 Å². The highest BCUT2D eigenvalue weighted by Gasteiger charge is 2.12. The first-order valence-corrected chi connectivity index (χ1v) is 9.35. The van der Waals surface area contributed by atoms with Gasteiger partial charge in [-0.05, 0) is 17.2 Å². The molecule has 8 nitrogen and oxygen atoms in total. The van der Waals surface area contributed by atoms with Crippen LogP contribution in [-0.2, 0) is 27.4 Å². The summed E-state index contributed by atoms with van der Waals surface area (Å²) in [4.78, 5) is 22.7. The summed E-state index contributed by atoms with van der Waals surface area (Å²) in [5, 5.41) is 18.9. The Kier molecular flexibility index (Phi) is 8.86. The van der Waals surface area contributed by atoms with Crippen LogP contribution in [-0.4, -0.2) is 45.4 Å². The first kappa shape index (κ1) is 22.9. The van der Waals surface area contributed by atoms with Gasteiger partial charge in [-0.2, -0.15) is 0 Å². The molecule has 0 amide bonds. The Labute approximate surface area is 178 Å². The van der Waals surface area contributed by atoms with E-state index in [-0.39, 0.29) is 0 Å². The van der Waals surface area contributed by atoms with Crippen LogP contribution in [0.15, 0.2) is 60.8 Å². The summed E-state index contributed by atoms with van der Waals surface area (Å²) in [7, 11) is 1.70. The largest absolute Gasteiger partial charge is 0.473 e. The topological polar surface area (TPSA) is 114 Å². The third kappa shape index (κ3) is 6.61. The quantitative estimate of drug-likeness (QED) is 0.489. The molecule has 0 aliphatic carbocycles. The predicted octanol–water partition coefficient (Wildman–Crippen LogP) is 3.62. The molecule has 0 bridgehead atoms. The Balaban J connectivity index is 0.000000469. The van der Waals surface area contributed by atoms with Crippen molar-refractivity contribution in [1.82, 2.24) is 9.55 Å². The van der Waals surface area contributed by atoms with Crippen LogP contribution in [0.3, 0.4) is 0 Å². The minimum absolute atomic E-state index is 0.622. The standard InChI is InChI=1S/C19H20ClN3O.C2H2O4/c1-24-12-11-23-18(15-7-3-2-4-8-15)14-22-19(23)21-13-16-9-5-6-10-17(16)20;3-1(4)2(5)6/h2-10,14H,11-13H2,1H3,(H,21,22);(H,3,4)(H,5,6). The SMILES string of the molecule is COCCn1c(-c2ccccc2)cnc1NCc1ccccc1Cl.O=C(O)C(=O)O. The monoisotopic (exact) mass is 431 g/mol. The predicted molar refractivity (Wildman–Crippen MR) is 114 cm³/mol. The molecule has 0 aliphatic heterocycles. The van der Waals surface area contributed by atoms with E-state index in [9.17, 15) is 0 Å². The van der Waals surface area contributed by atoms with Crippen molar-refractivity contribution in [1.29, 1.82) is 0 Å². The second kappa shape index (κ2) is 11.6. The number of hydrogen-bond acceptors (Lipinski definition) is 5. The summed E-state index contributed by atoms with van der Waals surface area (Å²) >= 11 is 6.23. The van der Waals surface area contributed by atoms with Crippen LogP contribution in [0.4, 0.5) is 5.95 Å². The minimum Gasteiger partial charge on any atom is -0.473 e. The lowest BCUT2D eigenvalue weighted by molar-refractivity contribution is -0.159. The van der Waals surface area contributed by atoms with E-state index in [2.05, 4.69) is 27.0 Å². The van der Waals surface area contributed by atoms with Crippen molar-refractivity contribution >= 4 is 29.5 Å². The van der Waals surface area contributed by atoms with E-state index < -0.39 is 11.9 Å². The van der Waals surface area contributed by atoms with E-state index in [0.717, 1.165) is 34.3 Å². The van der Waals surface area contributed by atoms with Gasteiger partial charge in [-0.1, -0.05) is 60.1 Å². The highest BCUT2D eigenvalue weighted by Crippen LogP contribution is 2.24. The highest BCUT2D eigenvalue weighted by molar-refractivity contribution is 6.31. The molecule has 9 heteroatoms. The van der Waals surface area contributed by atoms with Crippen molar-refractivity contribution in [3.8, 4) is 11.3 Å². The molecule has 30 heavy (non-hydrogen) atoms. The molecule has 0 saturated heterocycles. The van der Waals surface area contributed by atoms with Crippen molar-refractivity contribution in [3.63, 3.8) is 0 Å². The minimum atomic E-state index is -1.82. The van der Waals surface area contributed by atoms with Gasteiger partial charge in [-0.15, -0.1) is 0 Å². The molecule has 0 atom stereocenters. The molecule has 2 aromatic carbocycles. The lowest BCUT2D eigenvalue weighted by atomic mass is 10.2. The van der Waals surface area contributed by atoms with E-state index >= 15 is 0 Å². The normalized spacial score (nSPS) is 10.1. The Morgan fingerprint density at radius 3 is 2.30 bits per heavy atom. The molecule has 1 aromatic heterocycles. The Hall–Kier alpha value is -3.36. The summed E-state index contributed by atoms with van der Waals surface area (Å²) in [5.74, 6) is -2.84. The number of carbonyl (C=O) groups is 2. The maximum atomic E-state index is 9.10. The second-order valence-corrected chi connectivity index (χ2v) is 6.44. The smallest absolute Gasteiger partial charge is 0.414 e. The molecular weight excluding hydrogens is 410 g/mol. The van der Waals surface area contributed by atoms with Gasteiger partial charge in [-0.3, -0.25) is 0 Å². The van der Waals surface area contributed by atoms with Crippen molar-refractivity contribution in [2.24, 2.45) is 0 Å². The molecule has 0 fully saturated rings.